The first kappa shape index (κ1) is 18.2. The van der Waals surface area contributed by atoms with Crippen LogP contribution in [0.1, 0.15) is 12.5 Å². The normalized spacial score (nSPS) is 12.9. The molecule has 3 N–H and O–H groups in total. The van der Waals surface area contributed by atoms with Crippen molar-refractivity contribution >= 4 is 38.6 Å². The molecular formula is C14H18ClN5O3S. The van der Waals surface area contributed by atoms with Crippen molar-refractivity contribution in [2.75, 3.05) is 17.3 Å². The number of carbonyl (C=O) groups is 1. The van der Waals surface area contributed by atoms with Crippen LogP contribution in [0.5, 0.6) is 0 Å². The zero-order chi connectivity index (χ0) is 17.8. The van der Waals surface area contributed by atoms with Gasteiger partial charge in [0.15, 0.2) is 0 Å². The van der Waals surface area contributed by atoms with E-state index in [0.717, 1.165) is 5.56 Å². The molecule has 0 aliphatic carbocycles. The Hall–Kier alpha value is -2.10. The van der Waals surface area contributed by atoms with Gasteiger partial charge in [-0.25, -0.2) is 14.8 Å². The van der Waals surface area contributed by atoms with Gasteiger partial charge in [-0.15, -0.1) is 4.36 Å². The fourth-order valence-electron chi connectivity index (χ4n) is 2.06. The molecular weight excluding hydrogens is 354 g/mol. The SMILES string of the molecule is CCS(C)(O)(Cc1cccc(Nc2ncnc(Cl)n2)c1)=NC(=O)O. The summed E-state index contributed by atoms with van der Waals surface area (Å²) < 4.78 is 14.4. The van der Waals surface area contributed by atoms with Gasteiger partial charge in [0.25, 0.3) is 0 Å². The fraction of sp³-hybridized carbons (Fsp3) is 0.286. The van der Waals surface area contributed by atoms with Crippen LogP contribution in [0.15, 0.2) is 35.0 Å². The molecule has 0 bridgehead atoms. The Labute approximate surface area is 144 Å². The van der Waals surface area contributed by atoms with E-state index in [-0.39, 0.29) is 22.7 Å². The van der Waals surface area contributed by atoms with Crippen molar-refractivity contribution in [2.24, 2.45) is 4.36 Å². The molecule has 0 fully saturated rings. The molecule has 8 nitrogen and oxygen atoms in total. The molecule has 0 aliphatic rings. The number of rotatable bonds is 5. The predicted octanol–water partition coefficient (Wildman–Crippen LogP) is 3.44. The smallest absolute Gasteiger partial charge is 0.437 e. The fourth-order valence-corrected chi connectivity index (χ4v) is 4.08. The van der Waals surface area contributed by atoms with Crippen molar-refractivity contribution in [3.05, 3.63) is 41.4 Å². The third kappa shape index (κ3) is 4.95. The van der Waals surface area contributed by atoms with Gasteiger partial charge in [-0.1, -0.05) is 28.3 Å². The molecule has 0 spiro atoms. The summed E-state index contributed by atoms with van der Waals surface area (Å²) in [5, 5.41) is 12.0. The van der Waals surface area contributed by atoms with Gasteiger partial charge in [0, 0.05) is 17.2 Å². The van der Waals surface area contributed by atoms with Crippen LogP contribution in [-0.2, 0) is 15.0 Å². The van der Waals surface area contributed by atoms with Gasteiger partial charge in [-0.2, -0.15) is 4.98 Å². The summed E-state index contributed by atoms with van der Waals surface area (Å²) in [6, 6.07) is 7.15. The molecule has 2 aromatic rings. The molecule has 24 heavy (non-hydrogen) atoms. The standard InChI is InChI=1S/C14H18ClN5O3S/c1-3-24(2,23,20-14(21)22)8-10-5-4-6-11(7-10)18-13-17-9-16-12(15)19-13/h4-7,9H,3,8H2,1-2H3,(H,20,23)(H,21,22)(H,16,17,18,19). The number of aromatic nitrogens is 3. The van der Waals surface area contributed by atoms with Crippen molar-refractivity contribution in [3.63, 3.8) is 0 Å². The Kier molecular flexibility index (Phi) is 5.16. The molecule has 0 saturated carbocycles. The summed E-state index contributed by atoms with van der Waals surface area (Å²) in [6.45, 7) is 1.73. The quantitative estimate of drug-likeness (QED) is 0.735. The Morgan fingerprint density at radius 3 is 2.79 bits per heavy atom. The molecule has 1 aromatic carbocycles. The Morgan fingerprint density at radius 1 is 1.42 bits per heavy atom. The number of benzene rings is 1. The number of hydrogen-bond donors (Lipinski definition) is 3. The van der Waals surface area contributed by atoms with Crippen molar-refractivity contribution in [2.45, 2.75) is 12.7 Å². The Balaban J connectivity index is 2.29. The highest BCUT2D eigenvalue weighted by Crippen LogP contribution is 2.29. The van der Waals surface area contributed by atoms with Crippen molar-refractivity contribution in [1.29, 1.82) is 0 Å². The second-order valence-corrected chi connectivity index (χ2v) is 10.3. The molecule has 130 valence electrons. The molecule has 0 aliphatic heterocycles. The summed E-state index contributed by atoms with van der Waals surface area (Å²) in [5.41, 5.74) is 1.43. The van der Waals surface area contributed by atoms with Gasteiger partial charge >= 0.3 is 6.09 Å². The second-order valence-electron chi connectivity index (χ2n) is 5.46. The van der Waals surface area contributed by atoms with Crippen LogP contribution in [0.4, 0.5) is 16.4 Å². The maximum absolute atomic E-state index is 11.0. The van der Waals surface area contributed by atoms with Crippen LogP contribution in [0.2, 0.25) is 5.28 Å². The highest BCUT2D eigenvalue weighted by Gasteiger charge is 2.26. The lowest BCUT2D eigenvalue weighted by Gasteiger charge is -2.37. The first-order valence-electron chi connectivity index (χ1n) is 6.98. The Bertz CT molecular complexity index is 837. The van der Waals surface area contributed by atoms with Crippen LogP contribution >= 0.6 is 11.6 Å². The summed E-state index contributed by atoms with van der Waals surface area (Å²) in [5.74, 6) is 0.687. The van der Waals surface area contributed by atoms with E-state index in [0.29, 0.717) is 5.69 Å². The highest BCUT2D eigenvalue weighted by molar-refractivity contribution is 8.16. The second kappa shape index (κ2) is 6.80. The van der Waals surface area contributed by atoms with Gasteiger partial charge in [0.2, 0.25) is 11.2 Å². The molecule has 2 rings (SSSR count). The summed E-state index contributed by atoms with van der Waals surface area (Å²) in [4.78, 5) is 22.6. The minimum Gasteiger partial charge on any atom is -0.463 e. The van der Waals surface area contributed by atoms with E-state index in [1.54, 1.807) is 31.2 Å². The number of anilines is 2. The third-order valence-corrected chi connectivity index (χ3v) is 6.81. The molecule has 0 unspecified atom stereocenters. The number of nitrogens with one attached hydrogen (secondary N) is 1. The minimum atomic E-state index is -3.42. The third-order valence-electron chi connectivity index (χ3n) is 3.36. The van der Waals surface area contributed by atoms with Crippen molar-refractivity contribution in [3.8, 4) is 0 Å². The zero-order valence-corrected chi connectivity index (χ0v) is 14.8. The maximum atomic E-state index is 11.0. The molecule has 0 atom stereocenters. The highest BCUT2D eigenvalue weighted by atomic mass is 35.5. The molecule has 1 aromatic heterocycles. The molecule has 0 saturated heterocycles. The van der Waals surface area contributed by atoms with Gasteiger partial charge < -0.3 is 15.0 Å². The average molecular weight is 372 g/mol. The maximum Gasteiger partial charge on any atom is 0.437 e. The number of halogens is 1. The largest absolute Gasteiger partial charge is 0.463 e. The Morgan fingerprint density at radius 2 is 2.17 bits per heavy atom. The van der Waals surface area contributed by atoms with Gasteiger partial charge in [0.05, 0.1) is 0 Å². The zero-order valence-electron chi connectivity index (χ0n) is 13.2. The van der Waals surface area contributed by atoms with Gasteiger partial charge in [0.1, 0.15) is 6.33 Å². The van der Waals surface area contributed by atoms with Crippen molar-refractivity contribution in [1.82, 2.24) is 15.0 Å². The van der Waals surface area contributed by atoms with Crippen LogP contribution < -0.4 is 5.32 Å². The number of hydrogen-bond acceptors (Lipinski definition) is 5. The predicted molar refractivity (Wildman–Crippen MR) is 95.2 cm³/mol. The lowest BCUT2D eigenvalue weighted by atomic mass is 10.2. The van der Waals surface area contributed by atoms with Crippen LogP contribution in [0.25, 0.3) is 0 Å². The van der Waals surface area contributed by atoms with Crippen LogP contribution in [0.3, 0.4) is 0 Å². The van der Waals surface area contributed by atoms with Crippen LogP contribution in [0, 0.1) is 0 Å². The summed E-state index contributed by atoms with van der Waals surface area (Å²) in [6.07, 6.45) is 1.44. The molecule has 10 heteroatoms. The van der Waals surface area contributed by atoms with E-state index < -0.39 is 15.3 Å². The van der Waals surface area contributed by atoms with Gasteiger partial charge in [-0.3, -0.25) is 0 Å². The number of amides is 1. The first-order chi connectivity index (χ1) is 11.2. The topological polar surface area (TPSA) is 121 Å². The van der Waals surface area contributed by atoms with Crippen molar-refractivity contribution < 1.29 is 14.5 Å². The summed E-state index contributed by atoms with van der Waals surface area (Å²) >= 11 is 5.72. The van der Waals surface area contributed by atoms with E-state index in [4.69, 9.17) is 16.7 Å². The van der Waals surface area contributed by atoms with Crippen LogP contribution in [-0.4, -0.2) is 42.7 Å². The molecule has 1 heterocycles. The lowest BCUT2D eigenvalue weighted by molar-refractivity contribution is 0.206. The van der Waals surface area contributed by atoms with E-state index in [1.165, 1.54) is 12.6 Å². The number of nitrogens with zero attached hydrogens (tertiary/aromatic N) is 4. The van der Waals surface area contributed by atoms with Gasteiger partial charge in [-0.05, 0) is 35.6 Å². The number of carboxylic acid groups (broad SMARTS) is 1. The summed E-state index contributed by atoms with van der Waals surface area (Å²) in [7, 11) is -3.42. The average Bonchev–Trinajstić information content (AvgIpc) is 2.46. The van der Waals surface area contributed by atoms with E-state index in [1.807, 2.05) is 0 Å². The molecule has 1 amide bonds. The van der Waals surface area contributed by atoms with E-state index in [9.17, 15) is 9.35 Å². The monoisotopic (exact) mass is 371 g/mol. The minimum absolute atomic E-state index is 0.0718. The van der Waals surface area contributed by atoms with E-state index in [2.05, 4.69) is 24.6 Å². The lowest BCUT2D eigenvalue weighted by Crippen LogP contribution is -2.36. The van der Waals surface area contributed by atoms with E-state index >= 15 is 0 Å². The first-order valence-corrected chi connectivity index (χ1v) is 10.1. The molecule has 0 radical (unpaired) electrons.